The van der Waals surface area contributed by atoms with Crippen molar-refractivity contribution >= 4 is 16.1 Å². The number of hydrogen-bond acceptors (Lipinski definition) is 4. The molecule has 0 spiro atoms. The lowest BCUT2D eigenvalue weighted by atomic mass is 9.99. The second kappa shape index (κ2) is 8.43. The number of hydrogen-bond donors (Lipinski definition) is 0. The monoisotopic (exact) mass is 439 g/mol. The van der Waals surface area contributed by atoms with Crippen LogP contribution in [0.1, 0.15) is 38.5 Å². The zero-order valence-electron chi connectivity index (χ0n) is 17.5. The molecule has 3 saturated heterocycles. The summed E-state index contributed by atoms with van der Waals surface area (Å²) in [5.74, 6) is -0.717. The van der Waals surface area contributed by atoms with Crippen LogP contribution in [0.5, 0.6) is 0 Å². The molecule has 0 N–H and O–H groups in total. The summed E-state index contributed by atoms with van der Waals surface area (Å²) in [6, 6.07) is 6.03. The van der Waals surface area contributed by atoms with Crippen LogP contribution in [0.25, 0.3) is 0 Å². The first-order valence-electron chi connectivity index (χ1n) is 10.7. The first kappa shape index (κ1) is 21.5. The number of urea groups is 1. The Morgan fingerprint density at radius 3 is 2.20 bits per heavy atom. The van der Waals surface area contributed by atoms with Crippen LogP contribution in [0, 0.1) is 5.82 Å². The Kier molecular flexibility index (Phi) is 6.05. The fourth-order valence-electron chi connectivity index (χ4n) is 5.06. The molecule has 7 nitrogen and oxygen atoms in total. The van der Waals surface area contributed by atoms with E-state index in [1.54, 1.807) is 19.0 Å². The number of carbonyl (C=O) groups is 1. The quantitative estimate of drug-likeness (QED) is 0.723. The maximum absolute atomic E-state index is 14.0. The van der Waals surface area contributed by atoms with E-state index in [1.165, 1.54) is 28.6 Å². The smallest absolute Gasteiger partial charge is 0.319 e. The average molecular weight is 440 g/mol. The summed E-state index contributed by atoms with van der Waals surface area (Å²) in [5, 5.41) is 0. The van der Waals surface area contributed by atoms with Crippen molar-refractivity contribution in [2.45, 2.75) is 67.7 Å². The van der Waals surface area contributed by atoms with Gasteiger partial charge in [-0.25, -0.2) is 17.6 Å². The van der Waals surface area contributed by atoms with Gasteiger partial charge in [0.05, 0.1) is 12.2 Å². The number of sulfonamides is 1. The number of carbonyl (C=O) groups excluding carboxylic acids is 1. The Morgan fingerprint density at radius 1 is 1.03 bits per heavy atom. The molecule has 3 aliphatic rings. The second-order valence-electron chi connectivity index (χ2n) is 8.73. The lowest BCUT2D eigenvalue weighted by Gasteiger charge is -2.41. The number of benzene rings is 1. The van der Waals surface area contributed by atoms with Gasteiger partial charge in [0.15, 0.2) is 0 Å². The second-order valence-corrected chi connectivity index (χ2v) is 10.6. The highest BCUT2D eigenvalue weighted by molar-refractivity contribution is 7.89. The Balaban J connectivity index is 1.32. The molecule has 2 bridgehead atoms. The molecule has 3 aliphatic heterocycles. The molecule has 0 radical (unpaired) electrons. The summed E-state index contributed by atoms with van der Waals surface area (Å²) < 4.78 is 47.2. The number of ether oxygens (including phenoxy) is 1. The van der Waals surface area contributed by atoms with Gasteiger partial charge in [-0.1, -0.05) is 12.1 Å². The van der Waals surface area contributed by atoms with Gasteiger partial charge in [0, 0.05) is 39.3 Å². The molecule has 166 valence electrons. The van der Waals surface area contributed by atoms with E-state index in [0.29, 0.717) is 25.9 Å². The molecule has 2 atom stereocenters. The van der Waals surface area contributed by atoms with Crippen LogP contribution in [0.3, 0.4) is 0 Å². The normalized spacial score (nSPS) is 28.0. The van der Waals surface area contributed by atoms with Crippen molar-refractivity contribution in [3.63, 3.8) is 0 Å². The molecule has 4 rings (SSSR count). The third kappa shape index (κ3) is 4.07. The van der Waals surface area contributed by atoms with Gasteiger partial charge >= 0.3 is 6.03 Å². The van der Waals surface area contributed by atoms with Crippen molar-refractivity contribution in [3.8, 4) is 0 Å². The number of piperidine rings is 2. The fourth-order valence-corrected chi connectivity index (χ4v) is 6.59. The topological polar surface area (TPSA) is 70.2 Å². The van der Waals surface area contributed by atoms with Crippen molar-refractivity contribution in [1.82, 2.24) is 14.1 Å². The molecular weight excluding hydrogens is 409 g/mol. The van der Waals surface area contributed by atoms with Gasteiger partial charge in [-0.2, -0.15) is 4.31 Å². The van der Waals surface area contributed by atoms with Crippen LogP contribution in [-0.2, 0) is 14.8 Å². The van der Waals surface area contributed by atoms with E-state index < -0.39 is 15.8 Å². The van der Waals surface area contributed by atoms with Crippen LogP contribution in [0.4, 0.5) is 9.18 Å². The van der Waals surface area contributed by atoms with E-state index in [4.69, 9.17) is 4.74 Å². The molecular formula is C21H30FN3O4S. The number of amides is 2. The van der Waals surface area contributed by atoms with Crippen LogP contribution in [-0.4, -0.2) is 80.0 Å². The third-order valence-corrected chi connectivity index (χ3v) is 8.47. The summed E-state index contributed by atoms with van der Waals surface area (Å²) in [4.78, 5) is 15.8. The molecule has 2 amide bonds. The summed E-state index contributed by atoms with van der Waals surface area (Å²) in [6.07, 6.45) is 5.01. The van der Waals surface area contributed by atoms with Crippen molar-refractivity contribution < 1.29 is 22.3 Å². The molecule has 3 heterocycles. The number of rotatable bonds is 4. The van der Waals surface area contributed by atoms with Crippen LogP contribution >= 0.6 is 0 Å². The maximum Gasteiger partial charge on any atom is 0.319 e. The van der Waals surface area contributed by atoms with Crippen molar-refractivity contribution in [3.05, 3.63) is 30.1 Å². The van der Waals surface area contributed by atoms with Crippen LogP contribution < -0.4 is 0 Å². The van der Waals surface area contributed by atoms with Gasteiger partial charge in [-0.3, -0.25) is 0 Å². The molecule has 0 saturated carbocycles. The molecule has 3 fully saturated rings. The van der Waals surface area contributed by atoms with Gasteiger partial charge in [-0.15, -0.1) is 0 Å². The van der Waals surface area contributed by atoms with Gasteiger partial charge in [0.1, 0.15) is 10.7 Å². The Morgan fingerprint density at radius 2 is 1.63 bits per heavy atom. The summed E-state index contributed by atoms with van der Waals surface area (Å²) in [6.45, 7) is 0.651. The Bertz CT molecular complexity index is 872. The average Bonchev–Trinajstić information content (AvgIpc) is 2.98. The number of fused-ring (bicyclic) bond motifs is 2. The summed E-state index contributed by atoms with van der Waals surface area (Å²) in [7, 11) is -0.257. The number of halogens is 1. The van der Waals surface area contributed by atoms with Gasteiger partial charge in [0.25, 0.3) is 0 Å². The molecule has 1 aromatic rings. The highest BCUT2D eigenvalue weighted by Crippen LogP contribution is 2.38. The minimum atomic E-state index is -3.83. The standard InChI is InChI=1S/C21H30FN3O4S/c1-23(2)21(26)25-15-7-8-16(25)14-18(13-15)29-17-9-11-24(12-10-17)30(27,28)20-6-4-3-5-19(20)22/h3-6,15-18H,7-14H2,1-2H3. The first-order chi connectivity index (χ1) is 14.3. The van der Waals surface area contributed by atoms with Crippen molar-refractivity contribution in [2.75, 3.05) is 27.2 Å². The van der Waals surface area contributed by atoms with Crippen LogP contribution in [0.15, 0.2) is 29.2 Å². The van der Waals surface area contributed by atoms with Crippen LogP contribution in [0.2, 0.25) is 0 Å². The van der Waals surface area contributed by atoms with E-state index in [9.17, 15) is 17.6 Å². The molecule has 30 heavy (non-hydrogen) atoms. The van der Waals surface area contributed by atoms with E-state index >= 15 is 0 Å². The molecule has 2 unspecified atom stereocenters. The molecule has 0 aromatic heterocycles. The minimum absolute atomic E-state index is 0.00225. The maximum atomic E-state index is 14.0. The minimum Gasteiger partial charge on any atom is -0.375 e. The van der Waals surface area contributed by atoms with E-state index in [-0.39, 0.29) is 35.2 Å². The summed E-state index contributed by atoms with van der Waals surface area (Å²) >= 11 is 0. The lowest BCUT2D eigenvalue weighted by molar-refractivity contribution is -0.0685. The highest BCUT2D eigenvalue weighted by atomic mass is 32.2. The Labute approximate surface area is 177 Å². The predicted octanol–water partition coefficient (Wildman–Crippen LogP) is 2.67. The molecule has 1 aromatic carbocycles. The lowest BCUT2D eigenvalue weighted by Crippen LogP contribution is -2.52. The van der Waals surface area contributed by atoms with E-state index in [1.807, 2.05) is 4.90 Å². The summed E-state index contributed by atoms with van der Waals surface area (Å²) in [5.41, 5.74) is 0. The zero-order chi connectivity index (χ0) is 21.5. The zero-order valence-corrected chi connectivity index (χ0v) is 18.4. The van der Waals surface area contributed by atoms with Crippen molar-refractivity contribution in [1.29, 1.82) is 0 Å². The van der Waals surface area contributed by atoms with Gasteiger partial charge in [0.2, 0.25) is 10.0 Å². The molecule has 0 aliphatic carbocycles. The Hall–Kier alpha value is -1.71. The highest BCUT2D eigenvalue weighted by Gasteiger charge is 2.45. The molecule has 9 heteroatoms. The first-order valence-corrected chi connectivity index (χ1v) is 12.1. The van der Waals surface area contributed by atoms with Crippen molar-refractivity contribution in [2.24, 2.45) is 0 Å². The van der Waals surface area contributed by atoms with E-state index in [0.717, 1.165) is 25.7 Å². The van der Waals surface area contributed by atoms with Gasteiger partial charge < -0.3 is 14.5 Å². The largest absolute Gasteiger partial charge is 0.375 e. The number of nitrogens with zero attached hydrogens (tertiary/aromatic N) is 3. The SMILES string of the molecule is CN(C)C(=O)N1C2CCC1CC(OC1CCN(S(=O)(=O)c3ccccc3F)CC1)C2. The fraction of sp³-hybridized carbons (Fsp3) is 0.667. The predicted molar refractivity (Wildman–Crippen MR) is 110 cm³/mol. The third-order valence-electron chi connectivity index (χ3n) is 6.53. The van der Waals surface area contributed by atoms with Gasteiger partial charge in [-0.05, 0) is 50.7 Å². The van der Waals surface area contributed by atoms with E-state index in [2.05, 4.69) is 0 Å².